The molecule has 0 unspecified atom stereocenters. The summed E-state index contributed by atoms with van der Waals surface area (Å²) in [4.78, 5) is 9.11. The van der Waals surface area contributed by atoms with Crippen LogP contribution in [0.2, 0.25) is 5.28 Å². The summed E-state index contributed by atoms with van der Waals surface area (Å²) in [6.07, 6.45) is 3.67. The third kappa shape index (κ3) is 3.11. The highest BCUT2D eigenvalue weighted by atomic mass is 35.5. The van der Waals surface area contributed by atoms with E-state index in [9.17, 15) is 0 Å². The molecule has 0 atom stereocenters. The molecule has 0 aliphatic rings. The normalized spacial score (nSPS) is 10.3. The second-order valence-electron chi connectivity index (χ2n) is 3.40. The molecule has 17 heavy (non-hydrogen) atoms. The minimum atomic E-state index is 0.186. The molecule has 0 saturated carbocycles. The average Bonchev–Trinajstić information content (AvgIpc) is 2.35. The highest BCUT2D eigenvalue weighted by Gasteiger charge is 2.05. The Labute approximate surface area is 109 Å². The number of nitrogens with zero attached hydrogens (tertiary/aromatic N) is 2. The lowest BCUT2D eigenvalue weighted by Crippen LogP contribution is -1.93. The maximum Gasteiger partial charge on any atom is 0.226 e. The zero-order valence-corrected chi connectivity index (χ0v) is 11.0. The number of hydrogen-bond donors (Lipinski definition) is 0. The summed E-state index contributed by atoms with van der Waals surface area (Å²) in [7, 11) is 0. The molecule has 1 heterocycles. The first-order valence-corrected chi connectivity index (χ1v) is 6.60. The van der Waals surface area contributed by atoms with Gasteiger partial charge in [0.05, 0.1) is 0 Å². The van der Waals surface area contributed by atoms with Crippen LogP contribution in [0.25, 0.3) is 0 Å². The van der Waals surface area contributed by atoms with Crippen molar-refractivity contribution >= 4 is 23.4 Å². The number of aromatic nitrogens is 2. The molecule has 1 aromatic carbocycles. The molecule has 0 bridgehead atoms. The number of rotatable bonds is 3. The maximum atomic E-state index is 5.73. The molecular formula is C12H11ClN2OS. The van der Waals surface area contributed by atoms with E-state index in [0.29, 0.717) is 5.88 Å². The number of benzene rings is 1. The van der Waals surface area contributed by atoms with Gasteiger partial charge in [-0.15, -0.1) is 11.8 Å². The Kier molecular flexibility index (Phi) is 3.86. The zero-order valence-electron chi connectivity index (χ0n) is 9.48. The molecule has 2 rings (SSSR count). The molecule has 0 N–H and O–H groups in total. The van der Waals surface area contributed by atoms with Crippen LogP contribution in [0, 0.1) is 6.92 Å². The molecule has 3 nitrogen and oxygen atoms in total. The minimum absolute atomic E-state index is 0.186. The van der Waals surface area contributed by atoms with Crippen LogP contribution in [0.5, 0.6) is 11.6 Å². The van der Waals surface area contributed by atoms with Gasteiger partial charge in [0.25, 0.3) is 0 Å². The third-order valence-corrected chi connectivity index (χ3v) is 3.10. The van der Waals surface area contributed by atoms with E-state index in [4.69, 9.17) is 16.3 Å². The summed E-state index contributed by atoms with van der Waals surface area (Å²) in [5.74, 6) is 1.22. The summed E-state index contributed by atoms with van der Waals surface area (Å²) >= 11 is 7.41. The second-order valence-corrected chi connectivity index (χ2v) is 4.62. The van der Waals surface area contributed by atoms with Gasteiger partial charge in [-0.1, -0.05) is 0 Å². The molecule has 5 heteroatoms. The Morgan fingerprint density at radius 2 is 1.94 bits per heavy atom. The Balaban J connectivity index is 2.22. The molecule has 0 radical (unpaired) electrons. The van der Waals surface area contributed by atoms with Crippen molar-refractivity contribution < 1.29 is 4.74 Å². The van der Waals surface area contributed by atoms with Crippen LogP contribution in [0.15, 0.2) is 35.4 Å². The number of aryl methyl sites for hydroxylation is 1. The number of halogens is 1. The van der Waals surface area contributed by atoms with E-state index in [-0.39, 0.29) is 5.28 Å². The first-order chi connectivity index (χ1) is 8.19. The monoisotopic (exact) mass is 266 g/mol. The predicted octanol–water partition coefficient (Wildman–Crippen LogP) is 3.95. The lowest BCUT2D eigenvalue weighted by atomic mass is 10.3. The van der Waals surface area contributed by atoms with Crippen molar-refractivity contribution in [3.63, 3.8) is 0 Å². The van der Waals surface area contributed by atoms with Crippen molar-refractivity contribution in [3.05, 3.63) is 41.3 Å². The van der Waals surface area contributed by atoms with Crippen molar-refractivity contribution in [2.45, 2.75) is 11.8 Å². The van der Waals surface area contributed by atoms with Crippen LogP contribution in [0.3, 0.4) is 0 Å². The summed E-state index contributed by atoms with van der Waals surface area (Å²) < 4.78 is 5.64. The van der Waals surface area contributed by atoms with E-state index in [2.05, 4.69) is 9.97 Å². The molecular weight excluding hydrogens is 256 g/mol. The van der Waals surface area contributed by atoms with E-state index >= 15 is 0 Å². The Morgan fingerprint density at radius 3 is 2.59 bits per heavy atom. The van der Waals surface area contributed by atoms with Crippen LogP contribution in [-0.4, -0.2) is 16.2 Å². The van der Waals surface area contributed by atoms with Crippen molar-refractivity contribution in [2.24, 2.45) is 0 Å². The van der Waals surface area contributed by atoms with Gasteiger partial charge in [-0.3, -0.25) is 0 Å². The van der Waals surface area contributed by atoms with E-state index in [1.54, 1.807) is 18.0 Å². The quantitative estimate of drug-likeness (QED) is 0.622. The molecule has 0 aliphatic heterocycles. The van der Waals surface area contributed by atoms with Gasteiger partial charge < -0.3 is 4.74 Å². The van der Waals surface area contributed by atoms with E-state index < -0.39 is 0 Å². The topological polar surface area (TPSA) is 35.0 Å². The largest absolute Gasteiger partial charge is 0.439 e. The van der Waals surface area contributed by atoms with E-state index in [1.165, 1.54) is 4.90 Å². The Bertz CT molecular complexity index is 516. The van der Waals surface area contributed by atoms with Gasteiger partial charge in [-0.2, -0.15) is 4.98 Å². The maximum absolute atomic E-state index is 5.73. The van der Waals surface area contributed by atoms with Gasteiger partial charge in [0, 0.05) is 16.7 Å². The van der Waals surface area contributed by atoms with Crippen molar-refractivity contribution in [1.82, 2.24) is 9.97 Å². The lowest BCUT2D eigenvalue weighted by Gasteiger charge is -2.07. The van der Waals surface area contributed by atoms with Crippen LogP contribution in [-0.2, 0) is 0 Å². The van der Waals surface area contributed by atoms with Crippen molar-refractivity contribution in [2.75, 3.05) is 6.26 Å². The van der Waals surface area contributed by atoms with Gasteiger partial charge in [-0.25, -0.2) is 4.98 Å². The lowest BCUT2D eigenvalue weighted by molar-refractivity contribution is 0.457. The van der Waals surface area contributed by atoms with Crippen molar-refractivity contribution in [1.29, 1.82) is 0 Å². The molecule has 0 fully saturated rings. The predicted molar refractivity (Wildman–Crippen MR) is 70.1 cm³/mol. The average molecular weight is 267 g/mol. The summed E-state index contributed by atoms with van der Waals surface area (Å²) in [6, 6.07) is 7.80. The molecule has 0 spiro atoms. The van der Waals surface area contributed by atoms with Crippen LogP contribution >= 0.6 is 23.4 Å². The third-order valence-electron chi connectivity index (χ3n) is 2.17. The van der Waals surface area contributed by atoms with Crippen LogP contribution in [0.4, 0.5) is 0 Å². The van der Waals surface area contributed by atoms with E-state index in [0.717, 1.165) is 11.3 Å². The zero-order chi connectivity index (χ0) is 12.3. The highest BCUT2D eigenvalue weighted by molar-refractivity contribution is 7.98. The minimum Gasteiger partial charge on any atom is -0.439 e. The fourth-order valence-corrected chi connectivity index (χ4v) is 1.80. The molecule has 1 aromatic heterocycles. The number of hydrogen-bond acceptors (Lipinski definition) is 4. The summed E-state index contributed by atoms with van der Waals surface area (Å²) in [5.41, 5.74) is 0.850. The van der Waals surface area contributed by atoms with Gasteiger partial charge in [-0.05, 0) is 49.0 Å². The Morgan fingerprint density at radius 1 is 1.24 bits per heavy atom. The molecule has 88 valence electrons. The standard InChI is InChI=1S/C12H11ClN2OS/c1-8-7-14-12(13)15-11(8)16-9-3-5-10(17-2)6-4-9/h3-7H,1-2H3. The van der Waals surface area contributed by atoms with E-state index in [1.807, 2.05) is 37.4 Å². The first-order valence-electron chi connectivity index (χ1n) is 5.00. The fourth-order valence-electron chi connectivity index (χ4n) is 1.26. The van der Waals surface area contributed by atoms with Gasteiger partial charge in [0.2, 0.25) is 11.2 Å². The summed E-state index contributed by atoms with van der Waals surface area (Å²) in [6.45, 7) is 1.88. The molecule has 2 aromatic rings. The second kappa shape index (κ2) is 5.38. The van der Waals surface area contributed by atoms with Gasteiger partial charge >= 0.3 is 0 Å². The first kappa shape index (κ1) is 12.2. The van der Waals surface area contributed by atoms with Gasteiger partial charge in [0.15, 0.2) is 0 Å². The smallest absolute Gasteiger partial charge is 0.226 e. The molecule has 0 saturated heterocycles. The summed E-state index contributed by atoms with van der Waals surface area (Å²) in [5, 5.41) is 0.186. The molecule has 0 aliphatic carbocycles. The van der Waals surface area contributed by atoms with Crippen LogP contribution < -0.4 is 4.74 Å². The number of thioether (sulfide) groups is 1. The Hall–Kier alpha value is -1.26. The number of ether oxygens (including phenoxy) is 1. The molecule has 0 amide bonds. The van der Waals surface area contributed by atoms with Gasteiger partial charge in [0.1, 0.15) is 5.75 Å². The van der Waals surface area contributed by atoms with Crippen LogP contribution in [0.1, 0.15) is 5.56 Å². The highest BCUT2D eigenvalue weighted by Crippen LogP contribution is 2.25. The fraction of sp³-hybridized carbons (Fsp3) is 0.167. The van der Waals surface area contributed by atoms with Crippen molar-refractivity contribution in [3.8, 4) is 11.6 Å². The SMILES string of the molecule is CSc1ccc(Oc2nc(Cl)ncc2C)cc1.